The van der Waals surface area contributed by atoms with Gasteiger partial charge >= 0.3 is 0 Å². The lowest BCUT2D eigenvalue weighted by atomic mass is 9.95. The highest BCUT2D eigenvalue weighted by Crippen LogP contribution is 2.30. The molecule has 1 heterocycles. The normalized spacial score (nSPS) is 15.5. The zero-order chi connectivity index (χ0) is 21.3. The number of amides is 2. The van der Waals surface area contributed by atoms with E-state index in [0.29, 0.717) is 4.31 Å². The van der Waals surface area contributed by atoms with Gasteiger partial charge in [0, 0.05) is 0 Å². The van der Waals surface area contributed by atoms with Gasteiger partial charge in [-0.2, -0.15) is 0 Å². The molecule has 6 nitrogen and oxygen atoms in total. The average molecular weight is 420 g/mol. The topological polar surface area (TPSA) is 83.6 Å². The van der Waals surface area contributed by atoms with Gasteiger partial charge in [-0.25, -0.2) is 12.7 Å². The van der Waals surface area contributed by atoms with Crippen LogP contribution < -0.4 is 5.32 Å². The number of nitrogens with zero attached hydrogens (tertiary/aromatic N) is 1. The van der Waals surface area contributed by atoms with Crippen LogP contribution in [0.3, 0.4) is 0 Å². The summed E-state index contributed by atoms with van der Waals surface area (Å²) >= 11 is 0. The van der Waals surface area contributed by atoms with E-state index in [1.807, 2.05) is 61.5 Å². The zero-order valence-corrected chi connectivity index (χ0v) is 17.1. The van der Waals surface area contributed by atoms with Crippen LogP contribution >= 0.6 is 0 Å². The van der Waals surface area contributed by atoms with Crippen LogP contribution in [-0.4, -0.2) is 31.1 Å². The van der Waals surface area contributed by atoms with Gasteiger partial charge < -0.3 is 5.32 Å². The highest BCUT2D eigenvalue weighted by atomic mass is 32.2. The fraction of sp³-hybridized carbons (Fsp3) is 0.130. The first kappa shape index (κ1) is 19.8. The van der Waals surface area contributed by atoms with Gasteiger partial charge in [0.2, 0.25) is 5.91 Å². The molecule has 30 heavy (non-hydrogen) atoms. The zero-order valence-electron chi connectivity index (χ0n) is 16.3. The Balaban J connectivity index is 1.62. The molecule has 2 amide bonds. The van der Waals surface area contributed by atoms with E-state index in [0.717, 1.165) is 16.7 Å². The van der Waals surface area contributed by atoms with Crippen molar-refractivity contribution in [2.24, 2.45) is 0 Å². The maximum atomic E-state index is 12.9. The van der Waals surface area contributed by atoms with Gasteiger partial charge in [0.15, 0.2) is 0 Å². The molecule has 0 aromatic heterocycles. The van der Waals surface area contributed by atoms with Crippen LogP contribution in [0.15, 0.2) is 83.8 Å². The largest absolute Gasteiger partial charge is 0.344 e. The maximum absolute atomic E-state index is 12.9. The van der Waals surface area contributed by atoms with Crippen molar-refractivity contribution in [1.29, 1.82) is 0 Å². The first-order chi connectivity index (χ1) is 14.4. The Labute approximate surface area is 175 Å². The van der Waals surface area contributed by atoms with Gasteiger partial charge in [0.25, 0.3) is 15.9 Å². The molecular formula is C23H20N2O4S. The highest BCUT2D eigenvalue weighted by Gasteiger charge is 2.42. The molecule has 0 radical (unpaired) electrons. The number of hydrogen-bond acceptors (Lipinski definition) is 4. The molecule has 0 fully saturated rings. The van der Waals surface area contributed by atoms with Gasteiger partial charge in [-0.05, 0) is 35.7 Å². The minimum atomic E-state index is -4.04. The van der Waals surface area contributed by atoms with Crippen molar-refractivity contribution < 1.29 is 18.0 Å². The van der Waals surface area contributed by atoms with Crippen LogP contribution in [-0.2, 0) is 14.8 Å². The molecule has 1 N–H and O–H groups in total. The number of aryl methyl sites for hydroxylation is 1. The Bertz CT molecular complexity index is 1220. The van der Waals surface area contributed by atoms with Gasteiger partial charge in [0.05, 0.1) is 11.6 Å². The van der Waals surface area contributed by atoms with E-state index in [9.17, 15) is 18.0 Å². The summed E-state index contributed by atoms with van der Waals surface area (Å²) in [6.07, 6.45) is 0. The maximum Gasteiger partial charge on any atom is 0.269 e. The van der Waals surface area contributed by atoms with E-state index in [4.69, 9.17) is 0 Å². The minimum absolute atomic E-state index is 0.0682. The molecule has 0 spiro atoms. The number of nitrogens with one attached hydrogen (secondary N) is 1. The average Bonchev–Trinajstić information content (AvgIpc) is 2.94. The van der Waals surface area contributed by atoms with E-state index in [-0.39, 0.29) is 10.5 Å². The van der Waals surface area contributed by atoms with Crippen molar-refractivity contribution in [3.63, 3.8) is 0 Å². The third-order valence-electron chi connectivity index (χ3n) is 5.14. The molecule has 7 heteroatoms. The van der Waals surface area contributed by atoms with Crippen LogP contribution in [0.25, 0.3) is 0 Å². The van der Waals surface area contributed by atoms with Crippen LogP contribution in [0.1, 0.15) is 33.1 Å². The number of benzene rings is 3. The Morgan fingerprint density at radius 1 is 0.933 bits per heavy atom. The summed E-state index contributed by atoms with van der Waals surface area (Å²) < 4.78 is 26.1. The van der Waals surface area contributed by atoms with Crippen LogP contribution in [0, 0.1) is 6.92 Å². The summed E-state index contributed by atoms with van der Waals surface area (Å²) in [5.74, 6) is -1.25. The first-order valence-electron chi connectivity index (χ1n) is 9.45. The second-order valence-electron chi connectivity index (χ2n) is 7.08. The quantitative estimate of drug-likeness (QED) is 0.688. The van der Waals surface area contributed by atoms with Crippen molar-refractivity contribution in [1.82, 2.24) is 9.62 Å². The second kappa shape index (κ2) is 7.76. The second-order valence-corrected chi connectivity index (χ2v) is 8.91. The summed E-state index contributed by atoms with van der Waals surface area (Å²) in [6, 6.07) is 22.6. The number of carbonyl (C=O) groups is 2. The van der Waals surface area contributed by atoms with Gasteiger partial charge in [-0.1, -0.05) is 66.7 Å². The summed E-state index contributed by atoms with van der Waals surface area (Å²) in [5, 5.41) is 2.91. The SMILES string of the molecule is Cc1ccccc1C(NC(=O)CN1C(=O)c2ccccc2S1(=O)=O)c1ccccc1. The molecular weight excluding hydrogens is 400 g/mol. The smallest absolute Gasteiger partial charge is 0.269 e. The molecule has 4 rings (SSSR count). The Hall–Kier alpha value is -3.45. The van der Waals surface area contributed by atoms with Crippen molar-refractivity contribution in [3.8, 4) is 0 Å². The number of fused-ring (bicyclic) bond motifs is 1. The van der Waals surface area contributed by atoms with Crippen molar-refractivity contribution in [2.45, 2.75) is 17.9 Å². The summed E-state index contributed by atoms with van der Waals surface area (Å²) in [4.78, 5) is 25.4. The van der Waals surface area contributed by atoms with E-state index < -0.39 is 34.4 Å². The third-order valence-corrected chi connectivity index (χ3v) is 6.92. The predicted octanol–water partition coefficient (Wildman–Crippen LogP) is 3.05. The lowest BCUT2D eigenvalue weighted by molar-refractivity contribution is -0.121. The van der Waals surface area contributed by atoms with Gasteiger partial charge in [-0.15, -0.1) is 0 Å². The summed E-state index contributed by atoms with van der Waals surface area (Å²) in [7, 11) is -4.04. The van der Waals surface area contributed by atoms with Crippen molar-refractivity contribution >= 4 is 21.8 Å². The van der Waals surface area contributed by atoms with Gasteiger partial charge in [-0.3, -0.25) is 9.59 Å². The van der Waals surface area contributed by atoms with Crippen LogP contribution in [0.4, 0.5) is 0 Å². The fourth-order valence-corrected chi connectivity index (χ4v) is 5.15. The van der Waals surface area contributed by atoms with E-state index in [2.05, 4.69) is 5.32 Å². The fourth-order valence-electron chi connectivity index (χ4n) is 3.62. The Kier molecular flexibility index (Phi) is 5.13. The Morgan fingerprint density at radius 2 is 1.57 bits per heavy atom. The van der Waals surface area contributed by atoms with Gasteiger partial charge in [0.1, 0.15) is 11.4 Å². The molecule has 1 aliphatic rings. The molecule has 0 saturated carbocycles. The first-order valence-corrected chi connectivity index (χ1v) is 10.9. The monoisotopic (exact) mass is 420 g/mol. The summed E-state index contributed by atoms with van der Waals surface area (Å²) in [6.45, 7) is 1.37. The highest BCUT2D eigenvalue weighted by molar-refractivity contribution is 7.90. The number of sulfonamides is 1. The standard InChI is InChI=1S/C23H20N2O4S/c1-16-9-5-6-12-18(16)22(17-10-3-2-4-11-17)24-21(26)15-25-23(27)19-13-7-8-14-20(19)30(25,28)29/h2-14,22H,15H2,1H3,(H,24,26). The van der Waals surface area contributed by atoms with E-state index in [1.165, 1.54) is 12.1 Å². The molecule has 1 unspecified atom stereocenters. The van der Waals surface area contributed by atoms with Crippen LogP contribution in [0.5, 0.6) is 0 Å². The van der Waals surface area contributed by atoms with E-state index in [1.54, 1.807) is 12.1 Å². The third kappa shape index (κ3) is 3.48. The van der Waals surface area contributed by atoms with Crippen LogP contribution in [0.2, 0.25) is 0 Å². The lowest BCUT2D eigenvalue weighted by Gasteiger charge is -2.23. The Morgan fingerprint density at radius 3 is 2.27 bits per heavy atom. The van der Waals surface area contributed by atoms with Crippen molar-refractivity contribution in [2.75, 3.05) is 6.54 Å². The predicted molar refractivity (Wildman–Crippen MR) is 112 cm³/mol. The molecule has 0 saturated heterocycles. The van der Waals surface area contributed by atoms with E-state index >= 15 is 0 Å². The molecule has 0 aliphatic carbocycles. The minimum Gasteiger partial charge on any atom is -0.344 e. The molecule has 1 aliphatic heterocycles. The summed E-state index contributed by atoms with van der Waals surface area (Å²) in [5.41, 5.74) is 2.84. The molecule has 1 atom stereocenters. The molecule has 0 bridgehead atoms. The number of carbonyl (C=O) groups excluding carboxylic acids is 2. The lowest BCUT2D eigenvalue weighted by Crippen LogP contribution is -2.41. The van der Waals surface area contributed by atoms with Crippen molar-refractivity contribution in [3.05, 3.63) is 101 Å². The molecule has 152 valence electrons. The molecule has 3 aromatic carbocycles. The number of rotatable bonds is 5. The number of hydrogen-bond donors (Lipinski definition) is 1. The molecule has 3 aromatic rings.